The van der Waals surface area contributed by atoms with Crippen LogP contribution in [0.15, 0.2) is 24.3 Å². The molecular weight excluding hydrogens is 228 g/mol. The molecule has 3 aromatic rings. The van der Waals surface area contributed by atoms with E-state index in [9.17, 15) is 0 Å². The average Bonchev–Trinajstić information content (AvgIpc) is 2.88. The van der Waals surface area contributed by atoms with Crippen LogP contribution in [0.3, 0.4) is 0 Å². The van der Waals surface area contributed by atoms with Crippen molar-refractivity contribution in [1.82, 2.24) is 25.3 Å². The van der Waals surface area contributed by atoms with Crippen LogP contribution in [-0.2, 0) is 0 Å². The molecule has 1 aromatic carbocycles. The van der Waals surface area contributed by atoms with Crippen molar-refractivity contribution in [3.05, 3.63) is 24.3 Å². The van der Waals surface area contributed by atoms with Crippen LogP contribution in [0.5, 0.6) is 0 Å². The molecule has 92 valence electrons. The van der Waals surface area contributed by atoms with Gasteiger partial charge in [-0.15, -0.1) is 14.8 Å². The molecule has 18 heavy (non-hydrogen) atoms. The van der Waals surface area contributed by atoms with Gasteiger partial charge in [0.2, 0.25) is 5.65 Å². The third-order valence-corrected chi connectivity index (χ3v) is 3.11. The van der Waals surface area contributed by atoms with Crippen molar-refractivity contribution in [2.75, 3.05) is 18.0 Å². The maximum Gasteiger partial charge on any atom is 0.207 e. The lowest BCUT2D eigenvalue weighted by Crippen LogP contribution is -2.24. The third kappa shape index (κ3) is 1.49. The van der Waals surface area contributed by atoms with Crippen LogP contribution in [-0.4, -0.2) is 38.3 Å². The highest BCUT2D eigenvalue weighted by Crippen LogP contribution is 2.25. The molecule has 0 saturated heterocycles. The number of benzene rings is 1. The Morgan fingerprint density at radius 3 is 2.56 bits per heavy atom. The molecule has 0 radical (unpaired) electrons. The van der Waals surface area contributed by atoms with Gasteiger partial charge in [0.1, 0.15) is 0 Å². The molecule has 0 spiro atoms. The van der Waals surface area contributed by atoms with E-state index in [4.69, 9.17) is 0 Å². The Bertz CT molecular complexity index is 685. The molecule has 6 nitrogen and oxygen atoms in total. The minimum Gasteiger partial charge on any atom is -0.355 e. The second-order valence-corrected chi connectivity index (χ2v) is 4.03. The minimum absolute atomic E-state index is 0.696. The van der Waals surface area contributed by atoms with Crippen molar-refractivity contribution < 1.29 is 0 Å². The summed E-state index contributed by atoms with van der Waals surface area (Å²) >= 11 is 0. The van der Waals surface area contributed by atoms with Crippen molar-refractivity contribution in [2.45, 2.75) is 13.8 Å². The van der Waals surface area contributed by atoms with Gasteiger partial charge in [-0.1, -0.05) is 24.3 Å². The number of fused-ring (bicyclic) bond motifs is 3. The molecule has 0 aliphatic heterocycles. The first-order chi connectivity index (χ1) is 8.85. The first-order valence-electron chi connectivity index (χ1n) is 6.07. The highest BCUT2D eigenvalue weighted by molar-refractivity contribution is 5.99. The number of hydrogen-bond acceptors (Lipinski definition) is 5. The van der Waals surface area contributed by atoms with Gasteiger partial charge in [-0.3, -0.25) is 0 Å². The monoisotopic (exact) mass is 242 g/mol. The maximum absolute atomic E-state index is 4.51. The highest BCUT2D eigenvalue weighted by Gasteiger charge is 2.13. The van der Waals surface area contributed by atoms with Gasteiger partial charge in [-0.05, 0) is 24.3 Å². The lowest BCUT2D eigenvalue weighted by Gasteiger charge is -2.20. The number of rotatable bonds is 3. The fourth-order valence-electron chi connectivity index (χ4n) is 2.18. The van der Waals surface area contributed by atoms with E-state index in [0.717, 1.165) is 29.7 Å². The van der Waals surface area contributed by atoms with Crippen LogP contribution in [0, 0.1) is 0 Å². The lowest BCUT2D eigenvalue weighted by atomic mass is 10.1. The molecule has 0 unspecified atom stereocenters. The minimum atomic E-state index is 0.696. The van der Waals surface area contributed by atoms with Gasteiger partial charge in [-0.25, -0.2) is 0 Å². The van der Waals surface area contributed by atoms with Crippen molar-refractivity contribution in [3.8, 4) is 0 Å². The summed E-state index contributed by atoms with van der Waals surface area (Å²) in [5.41, 5.74) is 0.696. The molecule has 2 heterocycles. The van der Waals surface area contributed by atoms with Crippen LogP contribution in [0.25, 0.3) is 16.4 Å². The fraction of sp³-hybridized carbons (Fsp3) is 0.333. The Hall–Kier alpha value is -2.24. The molecule has 3 rings (SSSR count). The lowest BCUT2D eigenvalue weighted by molar-refractivity contribution is 0.719. The van der Waals surface area contributed by atoms with E-state index >= 15 is 0 Å². The first kappa shape index (κ1) is 10.9. The zero-order valence-electron chi connectivity index (χ0n) is 10.4. The van der Waals surface area contributed by atoms with Crippen LogP contribution >= 0.6 is 0 Å². The molecule has 0 bridgehead atoms. The number of nitrogens with zero attached hydrogens (tertiary/aromatic N) is 6. The summed E-state index contributed by atoms with van der Waals surface area (Å²) in [6.45, 7) is 6.04. The van der Waals surface area contributed by atoms with Crippen molar-refractivity contribution in [1.29, 1.82) is 0 Å². The van der Waals surface area contributed by atoms with Gasteiger partial charge >= 0.3 is 0 Å². The largest absolute Gasteiger partial charge is 0.355 e. The van der Waals surface area contributed by atoms with Gasteiger partial charge in [0.05, 0.1) is 0 Å². The molecule has 0 atom stereocenters. The van der Waals surface area contributed by atoms with E-state index in [0.29, 0.717) is 5.65 Å². The number of aromatic nitrogens is 5. The number of tetrazole rings is 1. The van der Waals surface area contributed by atoms with Gasteiger partial charge < -0.3 is 4.90 Å². The molecule has 0 saturated carbocycles. The smallest absolute Gasteiger partial charge is 0.207 e. The summed E-state index contributed by atoms with van der Waals surface area (Å²) in [5, 5.41) is 18.2. The molecule has 2 aromatic heterocycles. The topological polar surface area (TPSA) is 59.2 Å². The Morgan fingerprint density at radius 1 is 1.11 bits per heavy atom. The number of hydrogen-bond donors (Lipinski definition) is 0. The quantitative estimate of drug-likeness (QED) is 0.697. The van der Waals surface area contributed by atoms with E-state index in [1.807, 2.05) is 18.2 Å². The SMILES string of the molecule is CCN(CC)c1nn2nnnc2c2ccccc12. The molecule has 0 fully saturated rings. The van der Waals surface area contributed by atoms with Gasteiger partial charge in [0.15, 0.2) is 5.82 Å². The summed E-state index contributed by atoms with van der Waals surface area (Å²) in [6.07, 6.45) is 0. The summed E-state index contributed by atoms with van der Waals surface area (Å²) in [5.74, 6) is 0.926. The van der Waals surface area contributed by atoms with E-state index < -0.39 is 0 Å². The average molecular weight is 242 g/mol. The molecule has 0 aliphatic carbocycles. The highest BCUT2D eigenvalue weighted by atomic mass is 15.6. The predicted molar refractivity (Wildman–Crippen MR) is 69.6 cm³/mol. The molecule has 0 aliphatic rings. The maximum atomic E-state index is 4.51. The normalized spacial score (nSPS) is 11.2. The molecule has 0 amide bonds. The summed E-state index contributed by atoms with van der Waals surface area (Å²) in [7, 11) is 0. The van der Waals surface area contributed by atoms with E-state index in [-0.39, 0.29) is 0 Å². The first-order valence-corrected chi connectivity index (χ1v) is 6.07. The third-order valence-electron chi connectivity index (χ3n) is 3.11. The van der Waals surface area contributed by atoms with Crippen LogP contribution in [0.2, 0.25) is 0 Å². The zero-order chi connectivity index (χ0) is 12.5. The predicted octanol–water partition coefficient (Wildman–Crippen LogP) is 1.52. The van der Waals surface area contributed by atoms with Crippen molar-refractivity contribution in [3.63, 3.8) is 0 Å². The summed E-state index contributed by atoms with van der Waals surface area (Å²) < 4.78 is 1.50. The second-order valence-electron chi connectivity index (χ2n) is 4.03. The van der Waals surface area contributed by atoms with Gasteiger partial charge in [0, 0.05) is 23.9 Å². The van der Waals surface area contributed by atoms with E-state index in [2.05, 4.69) is 45.4 Å². The van der Waals surface area contributed by atoms with Crippen molar-refractivity contribution >= 4 is 22.2 Å². The Morgan fingerprint density at radius 2 is 1.83 bits per heavy atom. The Balaban J connectivity index is 2.40. The Labute approximate surface area is 104 Å². The van der Waals surface area contributed by atoms with Crippen LogP contribution in [0.1, 0.15) is 13.8 Å². The van der Waals surface area contributed by atoms with Gasteiger partial charge in [0.25, 0.3) is 0 Å². The van der Waals surface area contributed by atoms with Crippen molar-refractivity contribution in [2.24, 2.45) is 0 Å². The molecule has 6 heteroatoms. The molecule has 0 N–H and O–H groups in total. The Kier molecular flexibility index (Phi) is 2.55. The zero-order valence-corrected chi connectivity index (χ0v) is 10.4. The van der Waals surface area contributed by atoms with Crippen LogP contribution < -0.4 is 4.90 Å². The van der Waals surface area contributed by atoms with Crippen LogP contribution in [0.4, 0.5) is 5.82 Å². The van der Waals surface area contributed by atoms with E-state index in [1.54, 1.807) is 0 Å². The summed E-state index contributed by atoms with van der Waals surface area (Å²) in [6, 6.07) is 8.08. The molecular formula is C12H14N6. The number of anilines is 1. The fourth-order valence-corrected chi connectivity index (χ4v) is 2.18. The second kappa shape index (κ2) is 4.21. The summed E-state index contributed by atoms with van der Waals surface area (Å²) in [4.78, 5) is 2.20. The standard InChI is InChI=1S/C12H14N6/c1-3-17(4-2)12-10-8-6-5-7-9(10)11-13-15-16-18(11)14-12/h5-8H,3-4H2,1-2H3. The van der Waals surface area contributed by atoms with E-state index in [1.165, 1.54) is 4.63 Å². The van der Waals surface area contributed by atoms with Gasteiger partial charge in [-0.2, -0.15) is 0 Å².